The van der Waals surface area contributed by atoms with Crippen LogP contribution < -0.4 is 4.80 Å². The van der Waals surface area contributed by atoms with Crippen molar-refractivity contribution in [3.05, 3.63) is 27.5 Å². The van der Waals surface area contributed by atoms with Crippen LogP contribution in [-0.2, 0) is 25.6 Å². The molecule has 1 aliphatic rings. The van der Waals surface area contributed by atoms with Crippen LogP contribution in [0.5, 0.6) is 0 Å². The molecular weight excluding hydrogens is 466 g/mol. The van der Waals surface area contributed by atoms with Crippen LogP contribution in [0.1, 0.15) is 0 Å². The van der Waals surface area contributed by atoms with Crippen LogP contribution in [0.4, 0.5) is 0 Å². The summed E-state index contributed by atoms with van der Waals surface area (Å²) < 4.78 is 14.5. The molecule has 152 valence electrons. The number of rotatable bonds is 7. The normalized spacial score (nSPS) is 15.4. The molecule has 0 atom stereocenters. The Morgan fingerprint density at radius 2 is 2.11 bits per heavy atom. The molecule has 0 bridgehead atoms. The fraction of sp³-hybridized carbons (Fsp3) is 0.500. The minimum absolute atomic E-state index is 0.0444. The Hall–Kier alpha value is -1.20. The molecule has 0 spiro atoms. The molecule has 0 radical (unpaired) electrons. The monoisotopic (exact) mass is 487 g/mol. The lowest BCUT2D eigenvalue weighted by atomic mass is 10.3. The molecule has 2 aromatic rings. The Kier molecular flexibility index (Phi) is 8.10. The summed E-state index contributed by atoms with van der Waals surface area (Å²) in [7, 11) is 1.65. The van der Waals surface area contributed by atoms with Gasteiger partial charge in [-0.25, -0.2) is 0 Å². The molecule has 1 aromatic carbocycles. The van der Waals surface area contributed by atoms with Gasteiger partial charge in [0.15, 0.2) is 4.80 Å². The zero-order valence-corrected chi connectivity index (χ0v) is 18.8. The van der Waals surface area contributed by atoms with E-state index in [-0.39, 0.29) is 23.3 Å². The molecular formula is C18H22BrN3O4S2. The van der Waals surface area contributed by atoms with Crippen molar-refractivity contribution in [1.82, 2.24) is 9.47 Å². The largest absolute Gasteiger partial charge is 0.383 e. The number of nitrogens with zero attached hydrogens (tertiary/aromatic N) is 3. The first-order chi connectivity index (χ1) is 13.6. The first kappa shape index (κ1) is 21.5. The maximum Gasteiger partial charge on any atom is 0.258 e. The molecule has 10 heteroatoms. The van der Waals surface area contributed by atoms with Gasteiger partial charge in [0.2, 0.25) is 5.91 Å². The number of fused-ring (bicyclic) bond motifs is 1. The number of methoxy groups -OCH3 is 1. The second-order valence-electron chi connectivity index (χ2n) is 6.13. The number of morpholine rings is 1. The SMILES string of the molecule is COCCn1c(=NC(=O)CSCC(=O)N2CCOCC2)sc2cc(Br)ccc21. The van der Waals surface area contributed by atoms with Gasteiger partial charge < -0.3 is 18.9 Å². The van der Waals surface area contributed by atoms with E-state index in [2.05, 4.69) is 20.9 Å². The number of thiazole rings is 1. The molecule has 28 heavy (non-hydrogen) atoms. The van der Waals surface area contributed by atoms with Gasteiger partial charge in [-0.15, -0.1) is 11.8 Å². The minimum atomic E-state index is -0.239. The third-order valence-electron chi connectivity index (χ3n) is 4.20. The van der Waals surface area contributed by atoms with Crippen molar-refractivity contribution in [3.8, 4) is 0 Å². The van der Waals surface area contributed by atoms with Crippen molar-refractivity contribution < 1.29 is 19.1 Å². The summed E-state index contributed by atoms with van der Waals surface area (Å²) in [6.45, 7) is 3.55. The Morgan fingerprint density at radius 3 is 2.86 bits per heavy atom. The summed E-state index contributed by atoms with van der Waals surface area (Å²) in [5.74, 6) is 0.266. The predicted molar refractivity (Wildman–Crippen MR) is 115 cm³/mol. The van der Waals surface area contributed by atoms with Gasteiger partial charge in [0, 0.05) is 31.2 Å². The standard InChI is InChI=1S/C18H22BrN3O4S2/c1-25-7-6-22-14-3-2-13(19)10-15(14)28-18(22)20-16(23)11-27-12-17(24)21-4-8-26-9-5-21/h2-3,10H,4-9,11-12H2,1H3. The van der Waals surface area contributed by atoms with Gasteiger partial charge >= 0.3 is 0 Å². The number of hydrogen-bond acceptors (Lipinski definition) is 6. The zero-order valence-electron chi connectivity index (χ0n) is 15.6. The van der Waals surface area contributed by atoms with Crippen LogP contribution in [0, 0.1) is 0 Å². The molecule has 1 saturated heterocycles. The van der Waals surface area contributed by atoms with Crippen LogP contribution >= 0.6 is 39.0 Å². The van der Waals surface area contributed by atoms with Crippen molar-refractivity contribution in [2.45, 2.75) is 6.54 Å². The van der Waals surface area contributed by atoms with E-state index >= 15 is 0 Å². The van der Waals surface area contributed by atoms with Gasteiger partial charge in [0.05, 0.1) is 41.5 Å². The Balaban J connectivity index is 1.66. The van der Waals surface area contributed by atoms with Crippen molar-refractivity contribution in [2.24, 2.45) is 4.99 Å². The number of benzene rings is 1. The number of amides is 2. The highest BCUT2D eigenvalue weighted by molar-refractivity contribution is 9.10. The van der Waals surface area contributed by atoms with Gasteiger partial charge in [-0.3, -0.25) is 9.59 Å². The third-order valence-corrected chi connectivity index (χ3v) is 6.64. The number of thioether (sulfide) groups is 1. The van der Waals surface area contributed by atoms with Crippen molar-refractivity contribution in [3.63, 3.8) is 0 Å². The Bertz CT molecular complexity index is 906. The first-order valence-corrected chi connectivity index (χ1v) is 11.6. The quantitative estimate of drug-likeness (QED) is 0.597. The van der Waals surface area contributed by atoms with Crippen molar-refractivity contribution in [2.75, 3.05) is 51.5 Å². The van der Waals surface area contributed by atoms with Gasteiger partial charge in [0.1, 0.15) is 0 Å². The molecule has 0 unspecified atom stereocenters. The van der Waals surface area contributed by atoms with Crippen molar-refractivity contribution in [1.29, 1.82) is 0 Å². The first-order valence-electron chi connectivity index (χ1n) is 8.87. The van der Waals surface area contributed by atoms with E-state index in [0.717, 1.165) is 14.7 Å². The highest BCUT2D eigenvalue weighted by Gasteiger charge is 2.17. The van der Waals surface area contributed by atoms with E-state index < -0.39 is 0 Å². The molecule has 2 amide bonds. The van der Waals surface area contributed by atoms with E-state index in [1.54, 1.807) is 12.0 Å². The van der Waals surface area contributed by atoms with Crippen LogP contribution in [0.25, 0.3) is 10.2 Å². The highest BCUT2D eigenvalue weighted by atomic mass is 79.9. The van der Waals surface area contributed by atoms with E-state index in [9.17, 15) is 9.59 Å². The maximum atomic E-state index is 12.4. The number of ether oxygens (including phenoxy) is 2. The molecule has 0 saturated carbocycles. The molecule has 2 heterocycles. The highest BCUT2D eigenvalue weighted by Crippen LogP contribution is 2.22. The third kappa shape index (κ3) is 5.66. The van der Waals surface area contributed by atoms with Crippen LogP contribution in [0.3, 0.4) is 0 Å². The van der Waals surface area contributed by atoms with E-state index in [1.165, 1.54) is 23.1 Å². The van der Waals surface area contributed by atoms with Gasteiger partial charge in [0.25, 0.3) is 5.91 Å². The number of hydrogen-bond donors (Lipinski definition) is 0. The summed E-state index contributed by atoms with van der Waals surface area (Å²) in [6.07, 6.45) is 0. The molecule has 0 N–H and O–H groups in total. The average Bonchev–Trinajstić information content (AvgIpc) is 3.02. The van der Waals surface area contributed by atoms with Crippen molar-refractivity contribution >= 4 is 61.1 Å². The second kappa shape index (κ2) is 10.5. The fourth-order valence-corrected chi connectivity index (χ4v) is 5.12. The molecule has 1 fully saturated rings. The minimum Gasteiger partial charge on any atom is -0.383 e. The summed E-state index contributed by atoms with van der Waals surface area (Å²) in [4.78, 5) is 31.2. The summed E-state index contributed by atoms with van der Waals surface area (Å²) >= 11 is 6.25. The molecule has 0 aliphatic carbocycles. The maximum absolute atomic E-state index is 12.4. The topological polar surface area (TPSA) is 73.1 Å². The fourth-order valence-electron chi connectivity index (χ4n) is 2.80. The predicted octanol–water partition coefficient (Wildman–Crippen LogP) is 2.13. The lowest BCUT2D eigenvalue weighted by molar-refractivity contribution is -0.132. The zero-order chi connectivity index (χ0) is 19.9. The number of carbonyl (C=O) groups is 2. The van der Waals surface area contributed by atoms with Gasteiger partial charge in [-0.1, -0.05) is 27.3 Å². The Morgan fingerprint density at radius 1 is 1.32 bits per heavy atom. The van der Waals surface area contributed by atoms with Gasteiger partial charge in [-0.2, -0.15) is 4.99 Å². The molecule has 1 aromatic heterocycles. The summed E-state index contributed by atoms with van der Waals surface area (Å²) in [5, 5.41) is 0. The van der Waals surface area contributed by atoms with Crippen LogP contribution in [0.2, 0.25) is 0 Å². The molecule has 3 rings (SSSR count). The summed E-state index contributed by atoms with van der Waals surface area (Å²) in [6, 6.07) is 5.99. The second-order valence-corrected chi connectivity index (χ2v) is 9.04. The molecule has 7 nitrogen and oxygen atoms in total. The van der Waals surface area contributed by atoms with E-state index in [4.69, 9.17) is 9.47 Å². The van der Waals surface area contributed by atoms with Crippen LogP contribution in [-0.4, -0.2) is 72.8 Å². The Labute approximate surface area is 179 Å². The average molecular weight is 488 g/mol. The number of halogens is 1. The van der Waals surface area contributed by atoms with Gasteiger partial charge in [-0.05, 0) is 18.2 Å². The van der Waals surface area contributed by atoms with Crippen LogP contribution in [0.15, 0.2) is 27.7 Å². The number of aromatic nitrogens is 1. The lowest BCUT2D eigenvalue weighted by Gasteiger charge is -2.26. The summed E-state index contributed by atoms with van der Waals surface area (Å²) in [5.41, 5.74) is 1.02. The smallest absolute Gasteiger partial charge is 0.258 e. The lowest BCUT2D eigenvalue weighted by Crippen LogP contribution is -2.41. The number of carbonyl (C=O) groups excluding carboxylic acids is 2. The van der Waals surface area contributed by atoms with E-state index in [0.29, 0.717) is 44.3 Å². The molecule has 1 aliphatic heterocycles. The van der Waals surface area contributed by atoms with E-state index in [1.807, 2.05) is 22.8 Å².